The molecule has 7 nitrogen and oxygen atoms in total. The van der Waals surface area contributed by atoms with E-state index < -0.39 is 30.2 Å². The van der Waals surface area contributed by atoms with Gasteiger partial charge < -0.3 is 14.9 Å². The van der Waals surface area contributed by atoms with E-state index in [9.17, 15) is 31.1 Å². The number of carbonyl (C=O) groups excluding carboxylic acids is 1. The van der Waals surface area contributed by atoms with Crippen LogP contribution in [0.25, 0.3) is 16.7 Å². The maximum atomic E-state index is 13.8. The molecule has 0 aliphatic carbocycles. The van der Waals surface area contributed by atoms with Crippen LogP contribution in [0.2, 0.25) is 5.02 Å². The van der Waals surface area contributed by atoms with Crippen LogP contribution >= 0.6 is 11.6 Å². The van der Waals surface area contributed by atoms with Crippen molar-refractivity contribution in [1.29, 1.82) is 0 Å². The van der Waals surface area contributed by atoms with Crippen molar-refractivity contribution < 1.29 is 40.3 Å². The summed E-state index contributed by atoms with van der Waals surface area (Å²) < 4.78 is 84.0. The molecule has 1 amide bonds. The zero-order valence-corrected chi connectivity index (χ0v) is 18.7. The number of para-hydroxylation sites is 1. The van der Waals surface area contributed by atoms with Crippen LogP contribution in [0.15, 0.2) is 63.8 Å². The van der Waals surface area contributed by atoms with Crippen molar-refractivity contribution in [3.05, 3.63) is 87.1 Å². The van der Waals surface area contributed by atoms with Gasteiger partial charge in [0, 0.05) is 6.07 Å². The third-order valence-corrected chi connectivity index (χ3v) is 4.51. The Kier molecular flexibility index (Phi) is 9.91. The molecule has 0 bridgehead atoms. The van der Waals surface area contributed by atoms with Crippen molar-refractivity contribution in [2.24, 2.45) is 5.73 Å². The monoisotopic (exact) mass is 535 g/mol. The number of hydrogen-bond donors (Lipinski definition) is 1. The molecule has 4 aromatic rings. The van der Waals surface area contributed by atoms with E-state index in [0.717, 1.165) is 16.8 Å². The molecule has 192 valence electrons. The Bertz CT molecular complexity index is 1370. The lowest BCUT2D eigenvalue weighted by Crippen LogP contribution is -2.08. The van der Waals surface area contributed by atoms with E-state index in [4.69, 9.17) is 25.5 Å². The van der Waals surface area contributed by atoms with Gasteiger partial charge in [-0.2, -0.15) is 23.0 Å². The molecular formula is C22H16ClF6N3O4. The van der Waals surface area contributed by atoms with Crippen LogP contribution in [0, 0.1) is 5.82 Å². The Morgan fingerprint density at radius 3 is 2.36 bits per heavy atom. The van der Waals surface area contributed by atoms with E-state index in [0.29, 0.717) is 5.56 Å². The van der Waals surface area contributed by atoms with E-state index in [1.807, 2.05) is 0 Å². The standard InChI is InChI=1S/C20H11ClF4N2O3.CH2F2.CH3NO/c21-13-3-1-2-4-15(13)27-18(9-17(26-27)20(23,24)25)29-10-11-5-6-12-14(22)8-19(28)30-16(12)7-11;2*2-1-3/h1-9H,10H2;1H2;1H,(H2,2,3). The molecule has 0 radical (unpaired) electrons. The van der Waals surface area contributed by atoms with E-state index in [1.165, 1.54) is 30.3 Å². The second kappa shape index (κ2) is 12.6. The largest absolute Gasteiger partial charge is 0.473 e. The minimum absolute atomic E-state index is 0.00306. The number of ether oxygens (including phenoxy) is 1. The molecule has 2 aromatic carbocycles. The molecule has 0 unspecified atom stereocenters. The number of primary amides is 1. The van der Waals surface area contributed by atoms with Crippen molar-refractivity contribution in [1.82, 2.24) is 9.78 Å². The van der Waals surface area contributed by atoms with Gasteiger partial charge in [0.25, 0.3) is 0 Å². The van der Waals surface area contributed by atoms with Gasteiger partial charge in [-0.05, 0) is 29.8 Å². The molecule has 2 heterocycles. The smallest absolute Gasteiger partial charge is 0.435 e. The van der Waals surface area contributed by atoms with E-state index >= 15 is 0 Å². The lowest BCUT2D eigenvalue weighted by molar-refractivity contribution is -0.141. The fourth-order valence-electron chi connectivity index (χ4n) is 2.82. The quantitative estimate of drug-likeness (QED) is 0.216. The number of carbonyl (C=O) groups is 1. The maximum Gasteiger partial charge on any atom is 0.435 e. The van der Waals surface area contributed by atoms with E-state index in [2.05, 4.69) is 10.8 Å². The van der Waals surface area contributed by atoms with Crippen molar-refractivity contribution in [3.8, 4) is 11.6 Å². The highest BCUT2D eigenvalue weighted by Crippen LogP contribution is 2.34. The fourth-order valence-corrected chi connectivity index (χ4v) is 3.03. The third-order valence-electron chi connectivity index (χ3n) is 4.19. The van der Waals surface area contributed by atoms with Crippen molar-refractivity contribution in [2.75, 3.05) is 6.93 Å². The number of hydrogen-bond acceptors (Lipinski definition) is 5. The molecule has 0 fully saturated rings. The number of fused-ring (bicyclic) bond motifs is 1. The summed E-state index contributed by atoms with van der Waals surface area (Å²) in [6.45, 7) is -1.94. The maximum absolute atomic E-state index is 13.8. The van der Waals surface area contributed by atoms with Gasteiger partial charge in [-0.25, -0.2) is 18.0 Å². The first-order valence-electron chi connectivity index (χ1n) is 9.60. The Morgan fingerprint density at radius 2 is 1.75 bits per heavy atom. The van der Waals surface area contributed by atoms with Crippen LogP contribution in [-0.4, -0.2) is 23.1 Å². The molecule has 14 heteroatoms. The molecule has 0 aliphatic heterocycles. The molecule has 0 atom stereocenters. The minimum atomic E-state index is -4.69. The van der Waals surface area contributed by atoms with Crippen LogP contribution < -0.4 is 16.1 Å². The van der Waals surface area contributed by atoms with Crippen LogP contribution in [0.3, 0.4) is 0 Å². The number of rotatable bonds is 4. The SMILES string of the molecule is FCF.NC=O.O=c1cc(F)c2ccc(COc3cc(C(F)(F)F)nn3-c3ccccc3Cl)cc2o1. The first kappa shape index (κ1) is 28.2. The molecule has 4 rings (SSSR count). The summed E-state index contributed by atoms with van der Waals surface area (Å²) in [5, 5.41) is 3.85. The Hall–Kier alpha value is -4.00. The van der Waals surface area contributed by atoms with E-state index in [1.54, 1.807) is 12.1 Å². The number of aromatic nitrogens is 2. The lowest BCUT2D eigenvalue weighted by Gasteiger charge is -2.10. The second-order valence-electron chi connectivity index (χ2n) is 6.50. The molecule has 2 N–H and O–H groups in total. The van der Waals surface area contributed by atoms with Gasteiger partial charge >= 0.3 is 11.8 Å². The first-order valence-corrected chi connectivity index (χ1v) is 9.98. The normalized spacial score (nSPS) is 10.6. The zero-order chi connectivity index (χ0) is 26.9. The molecule has 36 heavy (non-hydrogen) atoms. The Labute approximate surface area is 203 Å². The summed E-state index contributed by atoms with van der Waals surface area (Å²) >= 11 is 6.09. The van der Waals surface area contributed by atoms with Crippen molar-refractivity contribution in [3.63, 3.8) is 0 Å². The summed E-state index contributed by atoms with van der Waals surface area (Å²) in [5.41, 5.74) is 2.80. The summed E-state index contributed by atoms with van der Waals surface area (Å²) in [4.78, 5) is 19.9. The van der Waals surface area contributed by atoms with Crippen molar-refractivity contribution in [2.45, 2.75) is 12.8 Å². The van der Waals surface area contributed by atoms with Crippen LogP contribution in [0.4, 0.5) is 26.3 Å². The van der Waals surface area contributed by atoms with Crippen molar-refractivity contribution >= 4 is 29.0 Å². The zero-order valence-electron chi connectivity index (χ0n) is 17.9. The minimum Gasteiger partial charge on any atom is -0.473 e. The number of benzene rings is 2. The number of nitrogens with zero attached hydrogens (tertiary/aromatic N) is 2. The van der Waals surface area contributed by atoms with Crippen LogP contribution in [0.5, 0.6) is 5.88 Å². The highest BCUT2D eigenvalue weighted by Gasteiger charge is 2.35. The van der Waals surface area contributed by atoms with Gasteiger partial charge in [-0.1, -0.05) is 29.8 Å². The van der Waals surface area contributed by atoms with Crippen LogP contribution in [-0.2, 0) is 17.6 Å². The topological polar surface area (TPSA) is 100 Å². The first-order chi connectivity index (χ1) is 17.0. The van der Waals surface area contributed by atoms with Gasteiger partial charge in [0.05, 0.1) is 22.2 Å². The number of alkyl halides is 5. The Balaban J connectivity index is 0.000000693. The predicted molar refractivity (Wildman–Crippen MR) is 118 cm³/mol. The summed E-state index contributed by atoms with van der Waals surface area (Å²) in [6, 6.07) is 12.0. The second-order valence-corrected chi connectivity index (χ2v) is 6.91. The number of amides is 1. The highest BCUT2D eigenvalue weighted by molar-refractivity contribution is 6.32. The third kappa shape index (κ3) is 7.25. The fraction of sp³-hybridized carbons (Fsp3) is 0.136. The number of nitrogens with two attached hydrogens (primary N) is 1. The average molecular weight is 536 g/mol. The van der Waals surface area contributed by atoms with Crippen LogP contribution in [0.1, 0.15) is 11.3 Å². The summed E-state index contributed by atoms with van der Waals surface area (Å²) in [5.74, 6) is -0.934. The summed E-state index contributed by atoms with van der Waals surface area (Å²) in [6.07, 6.45) is -4.44. The molecule has 0 aliphatic rings. The van der Waals surface area contributed by atoms with Gasteiger partial charge in [0.1, 0.15) is 18.0 Å². The van der Waals surface area contributed by atoms with Gasteiger partial charge in [0.2, 0.25) is 19.2 Å². The highest BCUT2D eigenvalue weighted by atomic mass is 35.5. The van der Waals surface area contributed by atoms with Gasteiger partial charge in [0.15, 0.2) is 5.69 Å². The molecular weight excluding hydrogens is 520 g/mol. The van der Waals surface area contributed by atoms with E-state index in [-0.39, 0.29) is 40.6 Å². The molecule has 0 spiro atoms. The Morgan fingerprint density at radius 1 is 1.11 bits per heavy atom. The summed E-state index contributed by atoms with van der Waals surface area (Å²) in [7, 11) is 0. The number of halogens is 7. The molecule has 0 saturated heterocycles. The molecule has 0 saturated carbocycles. The average Bonchev–Trinajstić information content (AvgIpc) is 3.23. The lowest BCUT2D eigenvalue weighted by atomic mass is 10.1. The van der Waals surface area contributed by atoms with Gasteiger partial charge in [-0.3, -0.25) is 4.79 Å². The molecule has 2 aromatic heterocycles. The van der Waals surface area contributed by atoms with Gasteiger partial charge in [-0.15, -0.1) is 0 Å². The predicted octanol–water partition coefficient (Wildman–Crippen LogP) is 5.35.